The van der Waals surface area contributed by atoms with Crippen molar-refractivity contribution in [2.75, 3.05) is 23.3 Å². The van der Waals surface area contributed by atoms with Gasteiger partial charge in [-0.2, -0.15) is 0 Å². The Morgan fingerprint density at radius 1 is 1.11 bits per heavy atom. The van der Waals surface area contributed by atoms with E-state index in [0.29, 0.717) is 0 Å². The van der Waals surface area contributed by atoms with E-state index in [1.807, 2.05) is 0 Å². The van der Waals surface area contributed by atoms with Gasteiger partial charge in [-0.15, -0.1) is 13.2 Å². The number of carbonyl (C=O) groups is 1. The summed E-state index contributed by atoms with van der Waals surface area (Å²) in [5.41, 5.74) is 0.145. The highest BCUT2D eigenvalue weighted by Gasteiger charge is 2.32. The lowest BCUT2D eigenvalue weighted by molar-refractivity contribution is -0.274. The number of halogens is 3. The fraction of sp³-hybridized carbons (Fsp3) is 0.458. The fourth-order valence-corrected chi connectivity index (χ4v) is 5.44. The van der Waals surface area contributed by atoms with Crippen molar-refractivity contribution in [1.29, 1.82) is 0 Å². The zero-order chi connectivity index (χ0) is 26.3. The third kappa shape index (κ3) is 7.50. The van der Waals surface area contributed by atoms with Crippen LogP contribution in [-0.4, -0.2) is 39.0 Å². The van der Waals surface area contributed by atoms with E-state index in [0.717, 1.165) is 44.2 Å². The summed E-state index contributed by atoms with van der Waals surface area (Å²) in [6.07, 6.45) is -0.0766. The Hall–Kier alpha value is -2.99. The number of nitrogens with one attached hydrogen (secondary N) is 2. The molecular weight excluding hydrogens is 501 g/mol. The summed E-state index contributed by atoms with van der Waals surface area (Å²) < 4.78 is 75.1. The van der Waals surface area contributed by atoms with Crippen LogP contribution in [0.1, 0.15) is 39.0 Å². The summed E-state index contributed by atoms with van der Waals surface area (Å²) in [6, 6.07) is 8.40. The molecular formula is C24H29F3N2O6S. The second kappa shape index (κ2) is 11.8. The smallest absolute Gasteiger partial charge is 0.492 e. The average Bonchev–Trinajstić information content (AvgIpc) is 2.79. The van der Waals surface area contributed by atoms with Crippen LogP contribution in [0.3, 0.4) is 0 Å². The molecule has 0 spiro atoms. The van der Waals surface area contributed by atoms with Gasteiger partial charge >= 0.3 is 6.36 Å². The molecule has 1 amide bonds. The normalized spacial score (nSPS) is 15.7. The van der Waals surface area contributed by atoms with Crippen LogP contribution in [0.2, 0.25) is 0 Å². The Bertz CT molecular complexity index is 1150. The molecule has 0 radical (unpaired) electrons. The highest BCUT2D eigenvalue weighted by atomic mass is 32.2. The van der Waals surface area contributed by atoms with E-state index in [9.17, 15) is 31.5 Å². The van der Waals surface area contributed by atoms with E-state index in [4.69, 9.17) is 4.74 Å². The van der Waals surface area contributed by atoms with Gasteiger partial charge in [-0.3, -0.25) is 9.52 Å². The Balaban J connectivity index is 1.80. The zero-order valence-corrected chi connectivity index (χ0v) is 20.5. The quantitative estimate of drug-likeness (QED) is 0.402. The van der Waals surface area contributed by atoms with E-state index >= 15 is 0 Å². The molecule has 1 aliphatic rings. The number of hydrogen-bond donors (Lipinski definition) is 3. The van der Waals surface area contributed by atoms with Gasteiger partial charge in [-0.25, -0.2) is 8.42 Å². The average molecular weight is 531 g/mol. The van der Waals surface area contributed by atoms with Gasteiger partial charge in [0.2, 0.25) is 5.91 Å². The van der Waals surface area contributed by atoms with Crippen molar-refractivity contribution in [1.82, 2.24) is 0 Å². The topological polar surface area (TPSA) is 114 Å². The number of aliphatic hydroxyl groups excluding tert-OH is 1. The van der Waals surface area contributed by atoms with Gasteiger partial charge in [0.15, 0.2) is 0 Å². The van der Waals surface area contributed by atoms with Crippen molar-refractivity contribution in [3.63, 3.8) is 0 Å². The summed E-state index contributed by atoms with van der Waals surface area (Å²) >= 11 is 0. The van der Waals surface area contributed by atoms with E-state index in [2.05, 4.69) is 14.8 Å². The molecule has 3 N–H and O–H groups in total. The second-order valence-corrected chi connectivity index (χ2v) is 10.1. The van der Waals surface area contributed by atoms with Crippen LogP contribution in [0.4, 0.5) is 24.5 Å². The van der Waals surface area contributed by atoms with Crippen molar-refractivity contribution < 1.29 is 41.0 Å². The summed E-state index contributed by atoms with van der Waals surface area (Å²) in [5.74, 6) is -1.49. The Morgan fingerprint density at radius 2 is 1.83 bits per heavy atom. The number of hydrogen-bond acceptors (Lipinski definition) is 6. The lowest BCUT2D eigenvalue weighted by Crippen LogP contribution is -2.33. The maximum Gasteiger partial charge on any atom is 0.573 e. The molecule has 0 bridgehead atoms. The molecule has 0 heterocycles. The van der Waals surface area contributed by atoms with Crippen LogP contribution in [-0.2, 0) is 14.8 Å². The Labute approximate surface area is 207 Å². The first-order valence-corrected chi connectivity index (χ1v) is 13.1. The molecule has 1 unspecified atom stereocenters. The molecule has 1 atom stereocenters. The zero-order valence-electron chi connectivity index (χ0n) is 19.7. The molecule has 0 aromatic heterocycles. The van der Waals surface area contributed by atoms with Crippen LogP contribution >= 0.6 is 0 Å². The molecule has 36 heavy (non-hydrogen) atoms. The predicted molar refractivity (Wildman–Crippen MR) is 127 cm³/mol. The van der Waals surface area contributed by atoms with Crippen LogP contribution in [0.25, 0.3) is 0 Å². The third-order valence-corrected chi connectivity index (χ3v) is 7.29. The van der Waals surface area contributed by atoms with Crippen LogP contribution < -0.4 is 19.5 Å². The molecule has 2 aromatic carbocycles. The minimum atomic E-state index is -4.92. The van der Waals surface area contributed by atoms with Crippen molar-refractivity contribution in [3.8, 4) is 11.5 Å². The maximum absolute atomic E-state index is 13.0. The summed E-state index contributed by atoms with van der Waals surface area (Å²) in [4.78, 5) is 12.6. The Morgan fingerprint density at radius 3 is 2.47 bits per heavy atom. The number of rotatable bonds is 10. The summed E-state index contributed by atoms with van der Waals surface area (Å²) in [7, 11) is -4.27. The SMILES string of the molecule is CCOc1cc(NC(=O)C(CO)C2CCCCC2)ccc1S(=O)(=O)Nc1cccc(OC(F)(F)F)c1. The van der Waals surface area contributed by atoms with E-state index in [1.165, 1.54) is 30.3 Å². The van der Waals surface area contributed by atoms with E-state index < -0.39 is 28.1 Å². The molecule has 1 saturated carbocycles. The molecule has 3 rings (SSSR count). The monoisotopic (exact) mass is 530 g/mol. The third-order valence-electron chi connectivity index (χ3n) is 5.87. The van der Waals surface area contributed by atoms with Crippen molar-refractivity contribution in [2.24, 2.45) is 11.8 Å². The predicted octanol–water partition coefficient (Wildman–Crippen LogP) is 4.91. The largest absolute Gasteiger partial charge is 0.573 e. The molecule has 12 heteroatoms. The lowest BCUT2D eigenvalue weighted by Gasteiger charge is -2.28. The standard InChI is InChI=1S/C24H29F3N2O6S/c1-2-34-21-14-17(28-23(31)20(15-30)16-7-4-3-5-8-16)11-12-22(21)36(32,33)29-18-9-6-10-19(13-18)35-24(25,26)27/h6,9-14,16,20,29-30H,2-5,7-8,15H2,1H3,(H,28,31). The summed E-state index contributed by atoms with van der Waals surface area (Å²) in [6.45, 7) is 1.48. The number of amides is 1. The number of benzene rings is 2. The number of ether oxygens (including phenoxy) is 2. The van der Waals surface area contributed by atoms with E-state index in [1.54, 1.807) is 6.92 Å². The van der Waals surface area contributed by atoms with Gasteiger partial charge in [0.1, 0.15) is 16.4 Å². The molecule has 198 valence electrons. The second-order valence-electron chi connectivity index (χ2n) is 8.45. The van der Waals surface area contributed by atoms with Crippen molar-refractivity contribution >= 4 is 27.3 Å². The van der Waals surface area contributed by atoms with Gasteiger partial charge in [-0.05, 0) is 49.9 Å². The minimum absolute atomic E-state index is 0.0521. The number of carbonyl (C=O) groups excluding carboxylic acids is 1. The first kappa shape index (κ1) is 27.6. The van der Waals surface area contributed by atoms with Crippen molar-refractivity contribution in [3.05, 3.63) is 42.5 Å². The molecule has 1 fully saturated rings. The first-order chi connectivity index (χ1) is 17.0. The van der Waals surface area contributed by atoms with Gasteiger partial charge in [0.25, 0.3) is 10.0 Å². The highest BCUT2D eigenvalue weighted by Crippen LogP contribution is 2.33. The van der Waals surface area contributed by atoms with E-state index in [-0.39, 0.29) is 47.1 Å². The van der Waals surface area contributed by atoms with Gasteiger partial charge in [0, 0.05) is 17.8 Å². The van der Waals surface area contributed by atoms with Crippen molar-refractivity contribution in [2.45, 2.75) is 50.3 Å². The number of anilines is 2. The molecule has 2 aromatic rings. The fourth-order valence-electron chi connectivity index (χ4n) is 4.26. The molecule has 1 aliphatic carbocycles. The van der Waals surface area contributed by atoms with Crippen LogP contribution in [0.5, 0.6) is 11.5 Å². The highest BCUT2D eigenvalue weighted by molar-refractivity contribution is 7.92. The maximum atomic E-state index is 13.0. The molecule has 0 aliphatic heterocycles. The van der Waals surface area contributed by atoms with Crippen LogP contribution in [0, 0.1) is 11.8 Å². The number of aliphatic hydroxyl groups is 1. The first-order valence-electron chi connectivity index (χ1n) is 11.6. The van der Waals surface area contributed by atoms with Gasteiger partial charge in [0.05, 0.1) is 24.8 Å². The Kier molecular flexibility index (Phi) is 9.07. The lowest BCUT2D eigenvalue weighted by atomic mass is 9.80. The minimum Gasteiger partial charge on any atom is -0.492 e. The number of sulfonamides is 1. The molecule has 0 saturated heterocycles. The number of alkyl halides is 3. The molecule has 8 nitrogen and oxygen atoms in total. The van der Waals surface area contributed by atoms with Gasteiger partial charge < -0.3 is 19.9 Å². The van der Waals surface area contributed by atoms with Crippen LogP contribution in [0.15, 0.2) is 47.4 Å². The van der Waals surface area contributed by atoms with Gasteiger partial charge in [-0.1, -0.05) is 25.3 Å². The summed E-state index contributed by atoms with van der Waals surface area (Å²) in [5, 5.41) is 12.5.